The number of fused-ring (bicyclic) bond motifs is 1. The number of carbonyl (C=O) groups is 1. The Morgan fingerprint density at radius 1 is 1.14 bits per heavy atom. The van der Waals surface area contributed by atoms with E-state index in [1.165, 1.54) is 0 Å². The Hall–Kier alpha value is -2.61. The van der Waals surface area contributed by atoms with Crippen LogP contribution in [0.15, 0.2) is 24.3 Å². The van der Waals surface area contributed by atoms with Crippen molar-refractivity contribution in [1.82, 2.24) is 5.32 Å². The standard InChI is InChI=1S/C20H19F4NO3/c1-4-9-5-6-13-10(7-9)17(18(26)20(2,3)28-13)25-19(27)11-8-12(21)15(23)16(24)14(11)22/h5-8,17-18,26H,4H2,1-3H3,(H,25,27). The summed E-state index contributed by atoms with van der Waals surface area (Å²) in [6, 6.07) is 4.49. The Balaban J connectivity index is 2.03. The van der Waals surface area contributed by atoms with Gasteiger partial charge in [0.2, 0.25) is 0 Å². The Labute approximate surface area is 159 Å². The highest BCUT2D eigenvalue weighted by molar-refractivity contribution is 5.95. The van der Waals surface area contributed by atoms with Crippen LogP contribution in [0.1, 0.15) is 48.3 Å². The molecule has 1 aliphatic rings. The number of benzene rings is 2. The zero-order chi connectivity index (χ0) is 20.8. The Kier molecular flexibility index (Phi) is 5.10. The van der Waals surface area contributed by atoms with E-state index < -0.39 is 52.5 Å². The van der Waals surface area contributed by atoms with Gasteiger partial charge in [-0.05, 0) is 44.0 Å². The van der Waals surface area contributed by atoms with Gasteiger partial charge in [0.05, 0.1) is 11.6 Å². The maximum absolute atomic E-state index is 14.0. The number of halogens is 4. The number of aryl methyl sites for hydroxylation is 1. The SMILES string of the molecule is CCc1ccc2c(c1)C(NC(=O)c1cc(F)c(F)c(F)c1F)C(O)C(C)(C)O2. The highest BCUT2D eigenvalue weighted by Gasteiger charge is 2.44. The summed E-state index contributed by atoms with van der Waals surface area (Å²) >= 11 is 0. The molecule has 2 atom stereocenters. The van der Waals surface area contributed by atoms with Crippen molar-refractivity contribution in [2.24, 2.45) is 0 Å². The van der Waals surface area contributed by atoms with E-state index in [9.17, 15) is 27.5 Å². The third-order valence-electron chi connectivity index (χ3n) is 4.85. The largest absolute Gasteiger partial charge is 0.485 e. The van der Waals surface area contributed by atoms with Gasteiger partial charge in [-0.2, -0.15) is 0 Å². The molecule has 4 nitrogen and oxygen atoms in total. The molecule has 1 aliphatic heterocycles. The molecule has 0 saturated heterocycles. The molecule has 2 aromatic carbocycles. The molecule has 0 bridgehead atoms. The van der Waals surface area contributed by atoms with Crippen LogP contribution in [0.2, 0.25) is 0 Å². The fraction of sp³-hybridized carbons (Fsp3) is 0.350. The molecule has 28 heavy (non-hydrogen) atoms. The van der Waals surface area contributed by atoms with E-state index in [0.29, 0.717) is 17.7 Å². The molecule has 0 radical (unpaired) electrons. The second-order valence-electron chi connectivity index (χ2n) is 7.18. The second-order valence-corrected chi connectivity index (χ2v) is 7.18. The van der Waals surface area contributed by atoms with Crippen molar-refractivity contribution in [1.29, 1.82) is 0 Å². The van der Waals surface area contributed by atoms with Crippen LogP contribution < -0.4 is 10.1 Å². The Morgan fingerprint density at radius 2 is 1.82 bits per heavy atom. The molecule has 0 aromatic heterocycles. The smallest absolute Gasteiger partial charge is 0.255 e. The van der Waals surface area contributed by atoms with Crippen molar-refractivity contribution in [3.05, 3.63) is 64.2 Å². The highest BCUT2D eigenvalue weighted by Crippen LogP contribution is 2.40. The molecule has 1 heterocycles. The molecular weight excluding hydrogens is 378 g/mol. The number of nitrogens with one attached hydrogen (secondary N) is 1. The lowest BCUT2D eigenvalue weighted by atomic mass is 9.85. The summed E-state index contributed by atoms with van der Waals surface area (Å²) in [6.45, 7) is 5.12. The maximum atomic E-state index is 14.0. The first-order valence-corrected chi connectivity index (χ1v) is 8.70. The number of aliphatic hydroxyl groups is 1. The average molecular weight is 397 g/mol. The zero-order valence-electron chi connectivity index (χ0n) is 15.4. The molecule has 3 rings (SSSR count). The molecule has 0 fully saturated rings. The lowest BCUT2D eigenvalue weighted by Gasteiger charge is -2.42. The Morgan fingerprint density at radius 3 is 2.46 bits per heavy atom. The van der Waals surface area contributed by atoms with Gasteiger partial charge in [-0.25, -0.2) is 17.6 Å². The number of ether oxygens (including phenoxy) is 1. The number of carbonyl (C=O) groups excluding carboxylic acids is 1. The number of rotatable bonds is 3. The van der Waals surface area contributed by atoms with Crippen molar-refractivity contribution >= 4 is 5.91 Å². The summed E-state index contributed by atoms with van der Waals surface area (Å²) in [5.74, 6) is -8.35. The van der Waals surface area contributed by atoms with Crippen LogP contribution in [0.5, 0.6) is 5.75 Å². The molecular formula is C20H19F4NO3. The minimum atomic E-state index is -2.08. The van der Waals surface area contributed by atoms with Crippen LogP contribution in [0, 0.1) is 23.3 Å². The summed E-state index contributed by atoms with van der Waals surface area (Å²) in [5, 5.41) is 13.1. The van der Waals surface area contributed by atoms with Gasteiger partial charge in [-0.15, -0.1) is 0 Å². The van der Waals surface area contributed by atoms with E-state index >= 15 is 0 Å². The fourth-order valence-electron chi connectivity index (χ4n) is 3.18. The number of amides is 1. The van der Waals surface area contributed by atoms with Gasteiger partial charge >= 0.3 is 0 Å². The van der Waals surface area contributed by atoms with Crippen LogP contribution in [-0.2, 0) is 6.42 Å². The monoisotopic (exact) mass is 397 g/mol. The van der Waals surface area contributed by atoms with Crippen molar-refractivity contribution in [2.75, 3.05) is 0 Å². The summed E-state index contributed by atoms with van der Waals surface area (Å²) in [7, 11) is 0. The summed E-state index contributed by atoms with van der Waals surface area (Å²) in [4.78, 5) is 12.5. The van der Waals surface area contributed by atoms with E-state index in [1.54, 1.807) is 26.0 Å². The first-order chi connectivity index (χ1) is 13.1. The van der Waals surface area contributed by atoms with Crippen molar-refractivity contribution in [3.8, 4) is 5.75 Å². The minimum Gasteiger partial charge on any atom is -0.485 e. The predicted octanol–water partition coefficient (Wildman–Crippen LogP) is 3.81. The van der Waals surface area contributed by atoms with Gasteiger partial charge in [0.25, 0.3) is 5.91 Å². The van der Waals surface area contributed by atoms with Crippen LogP contribution in [-0.4, -0.2) is 22.7 Å². The lowest BCUT2D eigenvalue weighted by molar-refractivity contribution is -0.0628. The van der Waals surface area contributed by atoms with Crippen LogP contribution in [0.25, 0.3) is 0 Å². The minimum absolute atomic E-state index is 0.281. The second kappa shape index (κ2) is 7.09. The molecule has 0 saturated carbocycles. The summed E-state index contributed by atoms with van der Waals surface area (Å²) < 4.78 is 59.9. The lowest BCUT2D eigenvalue weighted by Crippen LogP contribution is -2.53. The van der Waals surface area contributed by atoms with Crippen molar-refractivity contribution in [3.63, 3.8) is 0 Å². The van der Waals surface area contributed by atoms with Gasteiger partial charge < -0.3 is 15.2 Å². The molecule has 1 amide bonds. The molecule has 8 heteroatoms. The summed E-state index contributed by atoms with van der Waals surface area (Å²) in [6.07, 6.45) is -0.564. The average Bonchev–Trinajstić information content (AvgIpc) is 2.66. The maximum Gasteiger partial charge on any atom is 0.255 e. The number of hydrogen-bond acceptors (Lipinski definition) is 3. The molecule has 0 aliphatic carbocycles. The van der Waals surface area contributed by atoms with Gasteiger partial charge in [0.1, 0.15) is 17.5 Å². The summed E-state index contributed by atoms with van der Waals surface area (Å²) in [5.41, 5.74) is -0.751. The quantitative estimate of drug-likeness (QED) is 0.471. The van der Waals surface area contributed by atoms with Gasteiger partial charge in [0, 0.05) is 5.56 Å². The fourth-order valence-corrected chi connectivity index (χ4v) is 3.18. The molecule has 2 aromatic rings. The van der Waals surface area contributed by atoms with Gasteiger partial charge in [-0.3, -0.25) is 4.79 Å². The molecule has 2 unspecified atom stereocenters. The molecule has 2 N–H and O–H groups in total. The molecule has 150 valence electrons. The third kappa shape index (κ3) is 3.32. The van der Waals surface area contributed by atoms with Crippen LogP contribution >= 0.6 is 0 Å². The van der Waals surface area contributed by atoms with E-state index in [2.05, 4.69) is 5.32 Å². The first kappa shape index (κ1) is 20.1. The number of hydrogen-bond donors (Lipinski definition) is 2. The Bertz CT molecular complexity index is 946. The van der Waals surface area contributed by atoms with E-state index in [-0.39, 0.29) is 6.07 Å². The topological polar surface area (TPSA) is 58.6 Å². The van der Waals surface area contributed by atoms with Gasteiger partial charge in [-0.1, -0.05) is 13.0 Å². The van der Waals surface area contributed by atoms with E-state index in [1.807, 2.05) is 13.0 Å². The van der Waals surface area contributed by atoms with E-state index in [0.717, 1.165) is 5.56 Å². The number of aliphatic hydroxyl groups excluding tert-OH is 1. The van der Waals surface area contributed by atoms with Gasteiger partial charge in [0.15, 0.2) is 23.3 Å². The normalized spacial score (nSPS) is 20.3. The highest BCUT2D eigenvalue weighted by atomic mass is 19.2. The first-order valence-electron chi connectivity index (χ1n) is 8.70. The molecule has 0 spiro atoms. The van der Waals surface area contributed by atoms with E-state index in [4.69, 9.17) is 4.74 Å². The van der Waals surface area contributed by atoms with Crippen LogP contribution in [0.3, 0.4) is 0 Å². The van der Waals surface area contributed by atoms with Crippen molar-refractivity contribution in [2.45, 2.75) is 44.9 Å². The van der Waals surface area contributed by atoms with Crippen LogP contribution in [0.4, 0.5) is 17.6 Å². The van der Waals surface area contributed by atoms with Crippen molar-refractivity contribution < 1.29 is 32.2 Å². The third-order valence-corrected chi connectivity index (χ3v) is 4.85. The predicted molar refractivity (Wildman–Crippen MR) is 93.0 cm³/mol. The zero-order valence-corrected chi connectivity index (χ0v) is 15.4.